The maximum atomic E-state index is 5.01. The van der Waals surface area contributed by atoms with Gasteiger partial charge in [0.15, 0.2) is 17.5 Å². The van der Waals surface area contributed by atoms with E-state index in [0.717, 1.165) is 41.1 Å². The van der Waals surface area contributed by atoms with Gasteiger partial charge in [-0.2, -0.15) is 0 Å². The average molecular weight is 349 g/mol. The van der Waals surface area contributed by atoms with Crippen LogP contribution in [0.1, 0.15) is 56.7 Å². The molecule has 0 bridgehead atoms. The smallest absolute Gasteiger partial charge is 0.178 e. The summed E-state index contributed by atoms with van der Waals surface area (Å²) in [6.45, 7) is 4.22. The second-order valence-electron chi connectivity index (χ2n) is 7.20. The first-order valence-corrected chi connectivity index (χ1v) is 9.49. The monoisotopic (exact) mass is 349 g/mol. The molecule has 26 heavy (non-hydrogen) atoms. The Hall–Kier alpha value is -2.70. The van der Waals surface area contributed by atoms with Crippen LogP contribution in [0.2, 0.25) is 0 Å². The minimum Gasteiger partial charge on any atom is -0.359 e. The highest BCUT2D eigenvalue weighted by molar-refractivity contribution is 5.66. The van der Waals surface area contributed by atoms with Crippen LogP contribution in [-0.2, 0) is 0 Å². The number of fused-ring (bicyclic) bond motifs is 3. The fourth-order valence-corrected chi connectivity index (χ4v) is 4.47. The Kier molecular flexibility index (Phi) is 3.55. The molecule has 1 fully saturated rings. The Labute approximate surface area is 152 Å². The van der Waals surface area contributed by atoms with Gasteiger partial charge in [-0.1, -0.05) is 19.8 Å². The molecule has 1 aliphatic heterocycles. The molecule has 1 N–H and O–H groups in total. The summed E-state index contributed by atoms with van der Waals surface area (Å²) in [5, 5.41) is 8.86. The van der Waals surface area contributed by atoms with Crippen molar-refractivity contribution in [2.45, 2.75) is 58.0 Å². The SMILES string of the molecule is CCC1c2nnc(C)n2-c2cnc(-c3ccc[nH]3)nc2N1C1CCCC1. The van der Waals surface area contributed by atoms with Crippen molar-refractivity contribution < 1.29 is 0 Å². The summed E-state index contributed by atoms with van der Waals surface area (Å²) in [5.41, 5.74) is 1.94. The highest BCUT2D eigenvalue weighted by Crippen LogP contribution is 2.43. The molecule has 3 aromatic heterocycles. The van der Waals surface area contributed by atoms with Crippen LogP contribution in [0.4, 0.5) is 5.82 Å². The molecular weight excluding hydrogens is 326 g/mol. The molecule has 1 unspecified atom stereocenters. The second kappa shape index (κ2) is 5.93. The predicted octanol–water partition coefficient (Wildman–Crippen LogP) is 3.57. The molecule has 0 aromatic carbocycles. The van der Waals surface area contributed by atoms with Crippen molar-refractivity contribution in [3.05, 3.63) is 36.2 Å². The first-order chi connectivity index (χ1) is 12.8. The van der Waals surface area contributed by atoms with Gasteiger partial charge in [0.1, 0.15) is 11.5 Å². The van der Waals surface area contributed by atoms with E-state index >= 15 is 0 Å². The fourth-order valence-electron chi connectivity index (χ4n) is 4.47. The summed E-state index contributed by atoms with van der Waals surface area (Å²) in [4.78, 5) is 15.3. The summed E-state index contributed by atoms with van der Waals surface area (Å²) in [6, 6.07) is 4.70. The van der Waals surface area contributed by atoms with Gasteiger partial charge in [-0.15, -0.1) is 10.2 Å². The summed E-state index contributed by atoms with van der Waals surface area (Å²) < 4.78 is 2.13. The quantitative estimate of drug-likeness (QED) is 0.782. The number of hydrogen-bond acceptors (Lipinski definition) is 5. The van der Waals surface area contributed by atoms with Crippen LogP contribution < -0.4 is 4.90 Å². The summed E-state index contributed by atoms with van der Waals surface area (Å²) >= 11 is 0. The zero-order chi connectivity index (χ0) is 17.7. The molecule has 5 rings (SSSR count). The number of aryl methyl sites for hydroxylation is 1. The van der Waals surface area contributed by atoms with Crippen molar-refractivity contribution in [1.82, 2.24) is 29.7 Å². The van der Waals surface area contributed by atoms with E-state index in [2.05, 4.69) is 36.6 Å². The fraction of sp³-hybridized carbons (Fsp3) is 0.474. The molecule has 1 atom stereocenters. The van der Waals surface area contributed by atoms with Crippen LogP contribution in [0, 0.1) is 6.92 Å². The molecule has 0 radical (unpaired) electrons. The van der Waals surface area contributed by atoms with Crippen LogP contribution in [0.25, 0.3) is 17.2 Å². The lowest BCUT2D eigenvalue weighted by Gasteiger charge is -2.41. The van der Waals surface area contributed by atoms with Crippen LogP contribution in [0.3, 0.4) is 0 Å². The van der Waals surface area contributed by atoms with E-state index in [1.54, 1.807) is 0 Å². The maximum Gasteiger partial charge on any atom is 0.178 e. The van der Waals surface area contributed by atoms with E-state index in [9.17, 15) is 0 Å². The Bertz CT molecular complexity index is 922. The largest absolute Gasteiger partial charge is 0.359 e. The molecule has 7 nitrogen and oxygen atoms in total. The third kappa shape index (κ3) is 2.19. The van der Waals surface area contributed by atoms with Crippen molar-refractivity contribution in [3.63, 3.8) is 0 Å². The average Bonchev–Trinajstić information content (AvgIpc) is 3.42. The summed E-state index contributed by atoms with van der Waals surface area (Å²) in [7, 11) is 0. The minimum absolute atomic E-state index is 0.207. The number of aromatic nitrogens is 6. The zero-order valence-electron chi connectivity index (χ0n) is 15.2. The van der Waals surface area contributed by atoms with Gasteiger partial charge in [0.05, 0.1) is 17.9 Å². The van der Waals surface area contributed by atoms with Gasteiger partial charge in [0.2, 0.25) is 0 Å². The lowest BCUT2D eigenvalue weighted by Crippen LogP contribution is -2.42. The molecule has 0 spiro atoms. The topological polar surface area (TPSA) is 75.5 Å². The Morgan fingerprint density at radius 3 is 2.81 bits per heavy atom. The number of nitrogens with zero attached hydrogens (tertiary/aromatic N) is 6. The van der Waals surface area contributed by atoms with Gasteiger partial charge in [-0.25, -0.2) is 9.97 Å². The van der Waals surface area contributed by atoms with Gasteiger partial charge in [0.25, 0.3) is 0 Å². The molecule has 7 heteroatoms. The molecule has 3 aromatic rings. The second-order valence-corrected chi connectivity index (χ2v) is 7.20. The molecule has 134 valence electrons. The molecule has 0 saturated heterocycles. The predicted molar refractivity (Wildman–Crippen MR) is 99.2 cm³/mol. The van der Waals surface area contributed by atoms with Crippen molar-refractivity contribution in [3.8, 4) is 17.2 Å². The van der Waals surface area contributed by atoms with E-state index < -0.39 is 0 Å². The van der Waals surface area contributed by atoms with E-state index in [-0.39, 0.29) is 6.04 Å². The van der Waals surface area contributed by atoms with Crippen LogP contribution >= 0.6 is 0 Å². The van der Waals surface area contributed by atoms with Gasteiger partial charge >= 0.3 is 0 Å². The van der Waals surface area contributed by atoms with E-state index in [0.29, 0.717) is 6.04 Å². The highest BCUT2D eigenvalue weighted by Gasteiger charge is 2.39. The molecule has 1 saturated carbocycles. The van der Waals surface area contributed by atoms with Crippen molar-refractivity contribution in [1.29, 1.82) is 0 Å². The van der Waals surface area contributed by atoms with Crippen molar-refractivity contribution in [2.75, 3.05) is 4.90 Å². The number of hydrogen-bond donors (Lipinski definition) is 1. The number of H-pyrrole nitrogens is 1. The normalized spacial score (nSPS) is 19.6. The van der Waals surface area contributed by atoms with Crippen LogP contribution in [0.5, 0.6) is 0 Å². The van der Waals surface area contributed by atoms with Crippen LogP contribution in [0.15, 0.2) is 24.5 Å². The summed E-state index contributed by atoms with van der Waals surface area (Å²) in [6.07, 6.45) is 9.81. The van der Waals surface area contributed by atoms with Gasteiger partial charge in [-0.05, 0) is 38.3 Å². The highest BCUT2D eigenvalue weighted by atomic mass is 15.4. The number of anilines is 1. The van der Waals surface area contributed by atoms with E-state index in [4.69, 9.17) is 4.98 Å². The first-order valence-electron chi connectivity index (χ1n) is 9.49. The lowest BCUT2D eigenvalue weighted by atomic mass is 10.0. The van der Waals surface area contributed by atoms with Crippen molar-refractivity contribution >= 4 is 5.82 Å². The number of rotatable bonds is 3. The third-order valence-corrected chi connectivity index (χ3v) is 5.66. The molecule has 1 aliphatic carbocycles. The Balaban J connectivity index is 1.73. The number of nitrogens with one attached hydrogen (secondary N) is 1. The molecule has 4 heterocycles. The minimum atomic E-state index is 0.207. The number of aromatic amines is 1. The van der Waals surface area contributed by atoms with Crippen LogP contribution in [-0.4, -0.2) is 35.8 Å². The van der Waals surface area contributed by atoms with E-state index in [1.165, 1.54) is 25.7 Å². The lowest BCUT2D eigenvalue weighted by molar-refractivity contribution is 0.468. The Morgan fingerprint density at radius 1 is 1.23 bits per heavy atom. The van der Waals surface area contributed by atoms with Gasteiger partial charge in [0, 0.05) is 12.2 Å². The maximum absolute atomic E-state index is 5.01. The molecule has 0 amide bonds. The Morgan fingerprint density at radius 2 is 2.08 bits per heavy atom. The van der Waals surface area contributed by atoms with Gasteiger partial charge in [-0.3, -0.25) is 4.57 Å². The standard InChI is InChI=1S/C19H23N7/c1-3-15-19-24-23-12(2)25(19)16-11-21-17(14-9-6-10-20-14)22-18(16)26(15)13-7-4-5-8-13/h6,9-11,13,15,20H,3-5,7-8H2,1-2H3. The summed E-state index contributed by atoms with van der Waals surface area (Å²) in [5.74, 6) is 3.65. The molecular formula is C19H23N7. The van der Waals surface area contributed by atoms with Crippen molar-refractivity contribution in [2.24, 2.45) is 0 Å². The van der Waals surface area contributed by atoms with Gasteiger partial charge < -0.3 is 9.88 Å². The third-order valence-electron chi connectivity index (χ3n) is 5.66. The van der Waals surface area contributed by atoms with E-state index in [1.807, 2.05) is 31.5 Å². The first kappa shape index (κ1) is 15.5. The molecule has 2 aliphatic rings. The zero-order valence-corrected chi connectivity index (χ0v) is 15.2.